The first-order valence-electron chi connectivity index (χ1n) is 4.07. The van der Waals surface area contributed by atoms with Gasteiger partial charge in [0.2, 0.25) is 5.78 Å². The van der Waals surface area contributed by atoms with Crippen LogP contribution in [0.15, 0.2) is 34.4 Å². The van der Waals surface area contributed by atoms with Crippen LogP contribution in [-0.4, -0.2) is 11.6 Å². The van der Waals surface area contributed by atoms with Crippen LogP contribution < -0.4 is 0 Å². The molecule has 3 heteroatoms. The van der Waals surface area contributed by atoms with Crippen LogP contribution in [0.3, 0.4) is 0 Å². The summed E-state index contributed by atoms with van der Waals surface area (Å²) in [5.41, 5.74) is 0.990. The van der Waals surface area contributed by atoms with E-state index in [1.165, 1.54) is 6.08 Å². The van der Waals surface area contributed by atoms with Crippen LogP contribution in [0.25, 0.3) is 0 Å². The zero-order valence-electron chi connectivity index (χ0n) is 6.84. The molecule has 2 aliphatic rings. The van der Waals surface area contributed by atoms with Crippen molar-refractivity contribution in [2.75, 3.05) is 0 Å². The molecule has 66 valence electrons. The van der Waals surface area contributed by atoms with E-state index in [2.05, 4.69) is 0 Å². The molecule has 2 rings (SSSR count). The maximum absolute atomic E-state index is 11.4. The molecule has 0 unspecified atom stereocenters. The van der Waals surface area contributed by atoms with Crippen LogP contribution >= 0.6 is 11.6 Å². The molecule has 0 aromatic carbocycles. The lowest BCUT2D eigenvalue weighted by atomic mass is 9.87. The summed E-state index contributed by atoms with van der Waals surface area (Å²) in [6, 6.07) is 0. The van der Waals surface area contributed by atoms with Gasteiger partial charge >= 0.3 is 0 Å². The van der Waals surface area contributed by atoms with Gasteiger partial charge in [-0.3, -0.25) is 9.59 Å². The second-order valence-electron chi connectivity index (χ2n) is 3.00. The third-order valence-corrected chi connectivity index (χ3v) is 2.42. The third-order valence-electron chi connectivity index (χ3n) is 2.14. The summed E-state index contributed by atoms with van der Waals surface area (Å²) in [6.07, 6.45) is 6.41. The Morgan fingerprint density at radius 1 is 1.08 bits per heavy atom. The average molecular weight is 195 g/mol. The third kappa shape index (κ3) is 1.27. The van der Waals surface area contributed by atoms with Gasteiger partial charge in [0, 0.05) is 17.2 Å². The number of Topliss-reactive ketones (excluding diaryl/α,β-unsaturated/α-hetero) is 1. The monoisotopic (exact) mass is 194 g/mol. The number of carbonyl (C=O) groups is 2. The molecule has 0 N–H and O–H groups in total. The Balaban J connectivity index is 2.56. The molecular weight excluding hydrogens is 188 g/mol. The molecule has 0 aliphatic heterocycles. The van der Waals surface area contributed by atoms with Gasteiger partial charge in [0.25, 0.3) is 0 Å². The van der Waals surface area contributed by atoms with Crippen molar-refractivity contribution in [1.82, 2.24) is 0 Å². The summed E-state index contributed by atoms with van der Waals surface area (Å²) in [4.78, 5) is 22.8. The Hall–Kier alpha value is -1.15. The van der Waals surface area contributed by atoms with Crippen molar-refractivity contribution >= 4 is 23.2 Å². The molecule has 0 fully saturated rings. The minimum absolute atomic E-state index is 0.0234. The van der Waals surface area contributed by atoms with Crippen molar-refractivity contribution in [1.29, 1.82) is 0 Å². The maximum atomic E-state index is 11.4. The summed E-state index contributed by atoms with van der Waals surface area (Å²) in [7, 11) is 0. The van der Waals surface area contributed by atoms with E-state index < -0.39 is 0 Å². The lowest BCUT2D eigenvalue weighted by Gasteiger charge is -2.16. The first-order valence-corrected chi connectivity index (χ1v) is 4.45. The van der Waals surface area contributed by atoms with Crippen molar-refractivity contribution in [2.24, 2.45) is 0 Å². The van der Waals surface area contributed by atoms with E-state index in [4.69, 9.17) is 11.6 Å². The number of rotatable bonds is 0. The smallest absolute Gasteiger partial charge is 0.204 e. The molecule has 13 heavy (non-hydrogen) atoms. The van der Waals surface area contributed by atoms with Crippen LogP contribution in [-0.2, 0) is 9.59 Å². The largest absolute Gasteiger partial charge is 0.289 e. The molecule has 0 heterocycles. The lowest BCUT2D eigenvalue weighted by molar-refractivity contribution is -0.115. The number of hydrogen-bond donors (Lipinski definition) is 0. The fraction of sp³-hybridized carbons (Fsp3) is 0.200. The van der Waals surface area contributed by atoms with Gasteiger partial charge in [0.1, 0.15) is 0 Å². The number of halogens is 1. The molecule has 0 spiro atoms. The zero-order valence-corrected chi connectivity index (χ0v) is 7.60. The molecule has 0 atom stereocenters. The maximum Gasteiger partial charge on any atom is 0.204 e. The standard InChI is InChI=1S/C10H7ClO2/c11-8-5-9(12)6-3-1-2-4-7(6)10(8)13/h3-5H,1-2H2. The first kappa shape index (κ1) is 8.45. The van der Waals surface area contributed by atoms with Gasteiger partial charge in [-0.1, -0.05) is 23.8 Å². The molecule has 0 saturated carbocycles. The van der Waals surface area contributed by atoms with Gasteiger partial charge in [-0.25, -0.2) is 0 Å². The minimum atomic E-state index is -0.229. The van der Waals surface area contributed by atoms with Crippen molar-refractivity contribution in [3.8, 4) is 0 Å². The van der Waals surface area contributed by atoms with Gasteiger partial charge in [-0.05, 0) is 12.8 Å². The van der Waals surface area contributed by atoms with E-state index in [0.29, 0.717) is 11.1 Å². The van der Waals surface area contributed by atoms with Crippen molar-refractivity contribution in [3.05, 3.63) is 34.4 Å². The van der Waals surface area contributed by atoms with E-state index in [1.807, 2.05) is 0 Å². The van der Waals surface area contributed by atoms with Gasteiger partial charge < -0.3 is 0 Å². The molecule has 0 bridgehead atoms. The topological polar surface area (TPSA) is 34.1 Å². The summed E-state index contributed by atoms with van der Waals surface area (Å²) in [5.74, 6) is -0.386. The average Bonchev–Trinajstić information content (AvgIpc) is 2.15. The molecule has 0 radical (unpaired) electrons. The summed E-state index contributed by atoms with van der Waals surface area (Å²) >= 11 is 5.60. The number of fused-ring (bicyclic) bond motifs is 1. The number of ketones is 2. The summed E-state index contributed by atoms with van der Waals surface area (Å²) < 4.78 is 0. The highest BCUT2D eigenvalue weighted by molar-refractivity contribution is 6.49. The van der Waals surface area contributed by atoms with Crippen molar-refractivity contribution in [2.45, 2.75) is 12.8 Å². The molecule has 2 aliphatic carbocycles. The Morgan fingerprint density at radius 3 is 2.38 bits per heavy atom. The van der Waals surface area contributed by atoms with Gasteiger partial charge in [0.05, 0.1) is 5.03 Å². The molecule has 2 nitrogen and oxygen atoms in total. The van der Waals surface area contributed by atoms with Crippen LogP contribution in [0.4, 0.5) is 0 Å². The Labute approximate surface area is 80.6 Å². The van der Waals surface area contributed by atoms with E-state index in [9.17, 15) is 9.59 Å². The van der Waals surface area contributed by atoms with Crippen LogP contribution in [0, 0.1) is 0 Å². The highest BCUT2D eigenvalue weighted by atomic mass is 35.5. The van der Waals surface area contributed by atoms with Crippen LogP contribution in [0.5, 0.6) is 0 Å². The number of hydrogen-bond acceptors (Lipinski definition) is 2. The minimum Gasteiger partial charge on any atom is -0.289 e. The second kappa shape index (κ2) is 2.96. The number of carbonyl (C=O) groups excluding carboxylic acids is 2. The van der Waals surface area contributed by atoms with Crippen LogP contribution in [0.2, 0.25) is 0 Å². The highest BCUT2D eigenvalue weighted by Crippen LogP contribution is 2.28. The van der Waals surface area contributed by atoms with Gasteiger partial charge in [-0.15, -0.1) is 0 Å². The highest BCUT2D eigenvalue weighted by Gasteiger charge is 2.28. The first-order chi connectivity index (χ1) is 6.20. The summed E-state index contributed by atoms with van der Waals surface area (Å²) in [5, 5.41) is 0.0234. The van der Waals surface area contributed by atoms with Gasteiger partial charge in [-0.2, -0.15) is 0 Å². The normalized spacial score (nSPS) is 21.8. The van der Waals surface area contributed by atoms with Gasteiger partial charge in [0.15, 0.2) is 5.78 Å². The molecular formula is C10H7ClO2. The molecule has 0 aromatic heterocycles. The molecule has 0 amide bonds. The Bertz CT molecular complexity index is 386. The molecule has 0 aromatic rings. The van der Waals surface area contributed by atoms with Crippen molar-refractivity contribution in [3.63, 3.8) is 0 Å². The Kier molecular flexibility index (Phi) is 1.93. The second-order valence-corrected chi connectivity index (χ2v) is 3.41. The SMILES string of the molecule is O=C1C=C(Cl)C(=O)C2=CCCC=C12. The number of allylic oxidation sites excluding steroid dienone is 6. The zero-order chi connectivity index (χ0) is 9.42. The summed E-state index contributed by atoms with van der Waals surface area (Å²) in [6.45, 7) is 0. The van der Waals surface area contributed by atoms with Crippen LogP contribution in [0.1, 0.15) is 12.8 Å². The van der Waals surface area contributed by atoms with Crippen molar-refractivity contribution < 1.29 is 9.59 Å². The predicted molar refractivity (Wildman–Crippen MR) is 49.4 cm³/mol. The Morgan fingerprint density at radius 2 is 1.69 bits per heavy atom. The van der Waals surface area contributed by atoms with E-state index in [-0.39, 0.29) is 16.6 Å². The molecule has 0 saturated heterocycles. The fourth-order valence-corrected chi connectivity index (χ4v) is 1.71. The fourth-order valence-electron chi connectivity index (χ4n) is 1.51. The predicted octanol–water partition coefficient (Wildman–Crippen LogP) is 1.91. The van der Waals surface area contributed by atoms with E-state index >= 15 is 0 Å². The quantitative estimate of drug-likeness (QED) is 0.590. The van der Waals surface area contributed by atoms with E-state index in [0.717, 1.165) is 12.8 Å². The van der Waals surface area contributed by atoms with E-state index in [1.54, 1.807) is 12.2 Å². The lowest BCUT2D eigenvalue weighted by Crippen LogP contribution is -2.19.